The summed E-state index contributed by atoms with van der Waals surface area (Å²) >= 11 is 0. The second kappa shape index (κ2) is 10.1. The van der Waals surface area contributed by atoms with Gasteiger partial charge >= 0.3 is 0 Å². The van der Waals surface area contributed by atoms with Crippen LogP contribution in [0, 0.1) is 6.92 Å². The lowest BCUT2D eigenvalue weighted by molar-refractivity contribution is -0.116. The number of anilines is 1. The number of hydrogen-bond donors (Lipinski definition) is 2. The number of sulfonamides is 1. The third-order valence-corrected chi connectivity index (χ3v) is 5.78. The van der Waals surface area contributed by atoms with Gasteiger partial charge in [0.1, 0.15) is 11.6 Å². The Hall–Kier alpha value is -3.30. The number of nitrogens with zero attached hydrogens (tertiary/aromatic N) is 2. The summed E-state index contributed by atoms with van der Waals surface area (Å²) in [6.07, 6.45) is 1.67. The fourth-order valence-corrected chi connectivity index (χ4v) is 3.89. The molecule has 0 aliphatic carbocycles. The highest BCUT2D eigenvalue weighted by Crippen LogP contribution is 2.21. The fourth-order valence-electron chi connectivity index (χ4n) is 2.86. The first-order chi connectivity index (χ1) is 14.9. The van der Waals surface area contributed by atoms with Crippen LogP contribution in [0.2, 0.25) is 0 Å². The van der Waals surface area contributed by atoms with E-state index in [1.807, 2.05) is 32.0 Å². The van der Waals surface area contributed by atoms with Crippen molar-refractivity contribution in [2.45, 2.75) is 25.2 Å². The molecule has 3 rings (SSSR count). The van der Waals surface area contributed by atoms with Crippen LogP contribution >= 0.6 is 0 Å². The first-order valence-electron chi connectivity index (χ1n) is 9.80. The van der Waals surface area contributed by atoms with Crippen LogP contribution in [0.4, 0.5) is 5.69 Å². The summed E-state index contributed by atoms with van der Waals surface area (Å²) in [5.74, 6) is 0.956. The zero-order valence-electron chi connectivity index (χ0n) is 17.3. The molecule has 8 nitrogen and oxygen atoms in total. The van der Waals surface area contributed by atoms with Gasteiger partial charge in [-0.15, -0.1) is 0 Å². The molecule has 0 fully saturated rings. The number of nitrogens with one attached hydrogen (secondary N) is 2. The van der Waals surface area contributed by atoms with Crippen LogP contribution in [0.25, 0.3) is 11.3 Å². The standard InChI is InChI=1S/C22H24N4O4S/c1-3-30-19-7-9-20(10-8-19)31(28,29)24-14-12-22(27)26-18-6-4-5-17(15-18)21-11-13-23-16(2)25-21/h4-11,13,15,24H,3,12,14H2,1-2H3,(H,26,27). The van der Waals surface area contributed by atoms with Gasteiger partial charge in [-0.2, -0.15) is 0 Å². The van der Waals surface area contributed by atoms with Crippen LogP contribution in [-0.2, 0) is 14.8 Å². The molecule has 2 N–H and O–H groups in total. The topological polar surface area (TPSA) is 110 Å². The predicted octanol–water partition coefficient (Wildman–Crippen LogP) is 3.16. The lowest BCUT2D eigenvalue weighted by Crippen LogP contribution is -2.27. The zero-order valence-corrected chi connectivity index (χ0v) is 18.1. The zero-order chi connectivity index (χ0) is 22.3. The molecule has 1 aromatic heterocycles. The molecule has 162 valence electrons. The number of aryl methyl sites for hydroxylation is 1. The third kappa shape index (κ3) is 6.34. The molecule has 0 saturated carbocycles. The maximum atomic E-state index is 12.4. The van der Waals surface area contributed by atoms with E-state index in [2.05, 4.69) is 20.0 Å². The van der Waals surface area contributed by atoms with E-state index in [1.54, 1.807) is 30.5 Å². The van der Waals surface area contributed by atoms with E-state index in [0.29, 0.717) is 23.9 Å². The molecule has 0 unspecified atom stereocenters. The molecule has 0 atom stereocenters. The summed E-state index contributed by atoms with van der Waals surface area (Å²) in [5.41, 5.74) is 2.21. The van der Waals surface area contributed by atoms with Crippen LogP contribution in [0.3, 0.4) is 0 Å². The number of amides is 1. The highest BCUT2D eigenvalue weighted by Gasteiger charge is 2.14. The lowest BCUT2D eigenvalue weighted by atomic mass is 10.1. The van der Waals surface area contributed by atoms with Gasteiger partial charge in [0.05, 0.1) is 17.2 Å². The molecule has 0 saturated heterocycles. The van der Waals surface area contributed by atoms with Gasteiger partial charge in [0.25, 0.3) is 0 Å². The average molecular weight is 441 g/mol. The van der Waals surface area contributed by atoms with Crippen molar-refractivity contribution in [3.05, 3.63) is 66.6 Å². The number of rotatable bonds is 9. The summed E-state index contributed by atoms with van der Waals surface area (Å²) in [6, 6.07) is 15.2. The van der Waals surface area contributed by atoms with Crippen molar-refractivity contribution in [3.8, 4) is 17.0 Å². The van der Waals surface area contributed by atoms with Crippen molar-refractivity contribution < 1.29 is 17.9 Å². The average Bonchev–Trinajstić information content (AvgIpc) is 2.74. The van der Waals surface area contributed by atoms with Gasteiger partial charge in [-0.25, -0.2) is 23.1 Å². The number of hydrogen-bond acceptors (Lipinski definition) is 6. The van der Waals surface area contributed by atoms with Crippen LogP contribution in [0.1, 0.15) is 19.2 Å². The summed E-state index contributed by atoms with van der Waals surface area (Å²) < 4.78 is 32.5. The van der Waals surface area contributed by atoms with Crippen molar-refractivity contribution in [2.24, 2.45) is 0 Å². The molecule has 9 heteroatoms. The lowest BCUT2D eigenvalue weighted by Gasteiger charge is -2.09. The Morgan fingerprint density at radius 1 is 1.10 bits per heavy atom. The quantitative estimate of drug-likeness (QED) is 0.529. The van der Waals surface area contributed by atoms with Gasteiger partial charge < -0.3 is 10.1 Å². The second-order valence-electron chi connectivity index (χ2n) is 6.67. The van der Waals surface area contributed by atoms with Crippen LogP contribution in [0.15, 0.2) is 65.7 Å². The fraction of sp³-hybridized carbons (Fsp3) is 0.227. The molecule has 1 heterocycles. The van der Waals surface area contributed by atoms with E-state index in [-0.39, 0.29) is 23.8 Å². The molecule has 2 aromatic carbocycles. The van der Waals surface area contributed by atoms with Gasteiger partial charge in [-0.3, -0.25) is 4.79 Å². The van der Waals surface area contributed by atoms with Crippen LogP contribution < -0.4 is 14.8 Å². The minimum Gasteiger partial charge on any atom is -0.494 e. The number of ether oxygens (including phenoxy) is 1. The Labute approximate surface area is 181 Å². The molecular weight excluding hydrogens is 416 g/mol. The summed E-state index contributed by atoms with van der Waals surface area (Å²) in [7, 11) is -3.71. The van der Waals surface area contributed by atoms with Crippen LogP contribution in [0.5, 0.6) is 5.75 Å². The van der Waals surface area contributed by atoms with E-state index in [0.717, 1.165) is 11.3 Å². The highest BCUT2D eigenvalue weighted by molar-refractivity contribution is 7.89. The number of carbonyl (C=O) groups is 1. The second-order valence-corrected chi connectivity index (χ2v) is 8.44. The molecule has 0 radical (unpaired) electrons. The molecule has 31 heavy (non-hydrogen) atoms. The normalized spacial score (nSPS) is 11.2. The van der Waals surface area contributed by atoms with Crippen molar-refractivity contribution >= 4 is 21.6 Å². The highest BCUT2D eigenvalue weighted by atomic mass is 32.2. The minimum atomic E-state index is -3.71. The molecule has 0 aliphatic heterocycles. The smallest absolute Gasteiger partial charge is 0.240 e. The Bertz CT molecular complexity index is 1150. The molecular formula is C22H24N4O4S. The van der Waals surface area contributed by atoms with Crippen molar-refractivity contribution in [1.29, 1.82) is 0 Å². The Kier molecular flexibility index (Phi) is 7.32. The van der Waals surface area contributed by atoms with E-state index >= 15 is 0 Å². The summed E-state index contributed by atoms with van der Waals surface area (Å²) in [4.78, 5) is 20.8. The predicted molar refractivity (Wildman–Crippen MR) is 118 cm³/mol. The minimum absolute atomic E-state index is 0.00684. The first-order valence-corrected chi connectivity index (χ1v) is 11.3. The van der Waals surface area contributed by atoms with Crippen LogP contribution in [-0.4, -0.2) is 37.4 Å². The van der Waals surface area contributed by atoms with E-state index in [4.69, 9.17) is 4.74 Å². The molecule has 0 aliphatic rings. The van der Waals surface area contributed by atoms with E-state index < -0.39 is 10.0 Å². The summed E-state index contributed by atoms with van der Waals surface area (Å²) in [6.45, 7) is 4.14. The van der Waals surface area contributed by atoms with E-state index in [9.17, 15) is 13.2 Å². The monoisotopic (exact) mass is 440 g/mol. The first kappa shape index (κ1) is 22.4. The molecule has 0 spiro atoms. The largest absolute Gasteiger partial charge is 0.494 e. The maximum Gasteiger partial charge on any atom is 0.240 e. The Morgan fingerprint density at radius 3 is 2.58 bits per heavy atom. The van der Waals surface area contributed by atoms with Gasteiger partial charge in [0, 0.05) is 30.4 Å². The number of benzene rings is 2. The SMILES string of the molecule is CCOc1ccc(S(=O)(=O)NCCC(=O)Nc2cccc(-c3ccnc(C)n3)c2)cc1. The van der Waals surface area contributed by atoms with Crippen molar-refractivity contribution in [1.82, 2.24) is 14.7 Å². The maximum absolute atomic E-state index is 12.4. The molecule has 3 aromatic rings. The van der Waals surface area contributed by atoms with Gasteiger partial charge in [-0.1, -0.05) is 12.1 Å². The number of aromatic nitrogens is 2. The third-order valence-electron chi connectivity index (χ3n) is 4.31. The van der Waals surface area contributed by atoms with E-state index in [1.165, 1.54) is 12.1 Å². The number of carbonyl (C=O) groups excluding carboxylic acids is 1. The van der Waals surface area contributed by atoms with Gasteiger partial charge in [-0.05, 0) is 56.3 Å². The van der Waals surface area contributed by atoms with Gasteiger partial charge in [0.2, 0.25) is 15.9 Å². The Balaban J connectivity index is 1.55. The molecule has 1 amide bonds. The Morgan fingerprint density at radius 2 is 1.87 bits per heavy atom. The van der Waals surface area contributed by atoms with Gasteiger partial charge in [0.15, 0.2) is 0 Å². The van der Waals surface area contributed by atoms with Crippen molar-refractivity contribution in [3.63, 3.8) is 0 Å². The summed E-state index contributed by atoms with van der Waals surface area (Å²) in [5, 5.41) is 2.78. The van der Waals surface area contributed by atoms with Crippen molar-refractivity contribution in [2.75, 3.05) is 18.5 Å². The molecule has 0 bridgehead atoms.